The van der Waals surface area contributed by atoms with Crippen LogP contribution in [0.2, 0.25) is 0 Å². The van der Waals surface area contributed by atoms with E-state index in [1.54, 1.807) is 0 Å². The van der Waals surface area contributed by atoms with Crippen molar-refractivity contribution >= 4 is 5.69 Å². The number of aliphatic hydroxyl groups is 1. The van der Waals surface area contributed by atoms with Gasteiger partial charge in [-0.05, 0) is 38.2 Å². The predicted octanol–water partition coefficient (Wildman–Crippen LogP) is 3.13. The van der Waals surface area contributed by atoms with Crippen LogP contribution in [-0.2, 0) is 5.60 Å². The summed E-state index contributed by atoms with van der Waals surface area (Å²) in [6.45, 7) is 5.12. The molecular formula is C14H21NO. The van der Waals surface area contributed by atoms with Crippen molar-refractivity contribution in [3.8, 4) is 0 Å². The molecule has 1 aliphatic rings. The highest BCUT2D eigenvalue weighted by Crippen LogP contribution is 2.45. The van der Waals surface area contributed by atoms with Crippen molar-refractivity contribution in [1.82, 2.24) is 0 Å². The first-order valence-corrected chi connectivity index (χ1v) is 6.24. The number of rotatable bonds is 3. The van der Waals surface area contributed by atoms with Crippen molar-refractivity contribution in [3.05, 3.63) is 29.8 Å². The van der Waals surface area contributed by atoms with Gasteiger partial charge in [0.05, 0.1) is 5.60 Å². The van der Waals surface area contributed by atoms with E-state index in [2.05, 4.69) is 31.3 Å². The molecule has 0 amide bonds. The van der Waals surface area contributed by atoms with Crippen molar-refractivity contribution in [3.63, 3.8) is 0 Å². The molecule has 2 atom stereocenters. The van der Waals surface area contributed by atoms with Crippen molar-refractivity contribution in [2.75, 3.05) is 11.9 Å². The highest BCUT2D eigenvalue weighted by molar-refractivity contribution is 5.54. The Hall–Kier alpha value is -1.02. The van der Waals surface area contributed by atoms with Crippen molar-refractivity contribution < 1.29 is 5.11 Å². The first kappa shape index (κ1) is 11.5. The second-order valence-electron chi connectivity index (χ2n) is 4.79. The van der Waals surface area contributed by atoms with Gasteiger partial charge in [-0.3, -0.25) is 0 Å². The Labute approximate surface area is 97.7 Å². The van der Waals surface area contributed by atoms with E-state index in [0.29, 0.717) is 5.92 Å². The summed E-state index contributed by atoms with van der Waals surface area (Å²) in [5.74, 6) is 0.354. The zero-order chi connectivity index (χ0) is 11.6. The molecule has 2 nitrogen and oxygen atoms in total. The van der Waals surface area contributed by atoms with Crippen molar-refractivity contribution in [1.29, 1.82) is 0 Å². The normalized spacial score (nSPS) is 29.3. The zero-order valence-electron chi connectivity index (χ0n) is 10.2. The van der Waals surface area contributed by atoms with Crippen molar-refractivity contribution in [2.24, 2.45) is 5.92 Å². The fourth-order valence-electron chi connectivity index (χ4n) is 2.77. The molecule has 1 saturated carbocycles. The highest BCUT2D eigenvalue weighted by Gasteiger charge is 2.40. The van der Waals surface area contributed by atoms with E-state index in [4.69, 9.17) is 0 Å². The molecule has 88 valence electrons. The molecule has 0 aliphatic heterocycles. The van der Waals surface area contributed by atoms with Crippen LogP contribution in [0, 0.1) is 5.92 Å². The molecule has 0 radical (unpaired) electrons. The van der Waals surface area contributed by atoms with Gasteiger partial charge in [0.15, 0.2) is 0 Å². The average Bonchev–Trinajstić information content (AvgIpc) is 2.62. The number of nitrogens with one attached hydrogen (secondary N) is 1. The molecule has 1 aromatic rings. The number of hydrogen-bond acceptors (Lipinski definition) is 2. The van der Waals surface area contributed by atoms with Crippen LogP contribution in [0.4, 0.5) is 5.69 Å². The quantitative estimate of drug-likeness (QED) is 0.818. The fourth-order valence-corrected chi connectivity index (χ4v) is 2.77. The Morgan fingerprint density at radius 1 is 1.44 bits per heavy atom. The number of anilines is 1. The molecule has 1 aromatic carbocycles. The Balaban J connectivity index is 2.38. The maximum atomic E-state index is 10.8. The number of benzene rings is 1. The molecule has 0 aromatic heterocycles. The van der Waals surface area contributed by atoms with Gasteiger partial charge in [0, 0.05) is 17.8 Å². The van der Waals surface area contributed by atoms with E-state index < -0.39 is 5.60 Å². The van der Waals surface area contributed by atoms with E-state index in [9.17, 15) is 5.11 Å². The lowest BCUT2D eigenvalue weighted by Gasteiger charge is -2.30. The summed E-state index contributed by atoms with van der Waals surface area (Å²) in [6.07, 6.45) is 3.13. The Bertz CT molecular complexity index is 364. The first-order valence-electron chi connectivity index (χ1n) is 6.24. The third kappa shape index (κ3) is 1.82. The molecule has 0 saturated heterocycles. The zero-order valence-corrected chi connectivity index (χ0v) is 10.2. The van der Waals surface area contributed by atoms with Crippen LogP contribution in [-0.4, -0.2) is 11.7 Å². The lowest BCUT2D eigenvalue weighted by atomic mass is 9.84. The van der Waals surface area contributed by atoms with Gasteiger partial charge in [0.25, 0.3) is 0 Å². The summed E-state index contributed by atoms with van der Waals surface area (Å²) in [5, 5.41) is 14.1. The molecule has 0 heterocycles. The number of para-hydroxylation sites is 1. The van der Waals surface area contributed by atoms with E-state index in [1.165, 1.54) is 0 Å². The summed E-state index contributed by atoms with van der Waals surface area (Å²) in [4.78, 5) is 0. The SMILES string of the molecule is CCNc1ccccc1[C@@]1(O)CCC[C@H]1C. The molecule has 0 unspecified atom stereocenters. The first-order chi connectivity index (χ1) is 7.68. The minimum atomic E-state index is -0.626. The smallest absolute Gasteiger partial charge is 0.0941 e. The predicted molar refractivity (Wildman–Crippen MR) is 67.5 cm³/mol. The van der Waals surface area contributed by atoms with Crippen LogP contribution in [0.5, 0.6) is 0 Å². The van der Waals surface area contributed by atoms with Crippen LogP contribution in [0.25, 0.3) is 0 Å². The largest absolute Gasteiger partial charge is 0.385 e. The lowest BCUT2D eigenvalue weighted by molar-refractivity contribution is 0.00516. The summed E-state index contributed by atoms with van der Waals surface area (Å²) < 4.78 is 0. The Morgan fingerprint density at radius 3 is 2.81 bits per heavy atom. The third-order valence-corrected chi connectivity index (χ3v) is 3.77. The summed E-state index contributed by atoms with van der Waals surface area (Å²) in [7, 11) is 0. The van der Waals surface area contributed by atoms with Gasteiger partial charge >= 0.3 is 0 Å². The lowest BCUT2D eigenvalue weighted by Crippen LogP contribution is -2.29. The molecule has 2 rings (SSSR count). The van der Waals surface area contributed by atoms with Gasteiger partial charge in [0.1, 0.15) is 0 Å². The van der Waals surface area contributed by atoms with Crippen LogP contribution >= 0.6 is 0 Å². The molecular weight excluding hydrogens is 198 g/mol. The van der Waals surface area contributed by atoms with Crippen LogP contribution in [0.1, 0.15) is 38.7 Å². The minimum Gasteiger partial charge on any atom is -0.385 e. The summed E-state index contributed by atoms with van der Waals surface area (Å²) in [5.41, 5.74) is 1.53. The van der Waals surface area contributed by atoms with Gasteiger partial charge in [0.2, 0.25) is 0 Å². The Kier molecular flexibility index (Phi) is 3.20. The second kappa shape index (κ2) is 4.46. The summed E-state index contributed by atoms with van der Waals surface area (Å²) >= 11 is 0. The fraction of sp³-hybridized carbons (Fsp3) is 0.571. The molecule has 2 N–H and O–H groups in total. The van der Waals surface area contributed by atoms with E-state index >= 15 is 0 Å². The highest BCUT2D eigenvalue weighted by atomic mass is 16.3. The van der Waals surface area contributed by atoms with Gasteiger partial charge in [-0.2, -0.15) is 0 Å². The van der Waals surface area contributed by atoms with Crippen LogP contribution in [0.3, 0.4) is 0 Å². The van der Waals surface area contributed by atoms with Crippen molar-refractivity contribution in [2.45, 2.75) is 38.7 Å². The third-order valence-electron chi connectivity index (χ3n) is 3.77. The van der Waals surface area contributed by atoms with Gasteiger partial charge < -0.3 is 10.4 Å². The van der Waals surface area contributed by atoms with Crippen LogP contribution < -0.4 is 5.32 Å². The standard InChI is InChI=1S/C14H21NO/c1-3-15-13-9-5-4-8-12(13)14(16)10-6-7-11(14)2/h4-5,8-9,11,15-16H,3,6-7,10H2,1-2H3/t11-,14-/m1/s1. The van der Waals surface area contributed by atoms with Gasteiger partial charge in [-0.15, -0.1) is 0 Å². The maximum Gasteiger partial charge on any atom is 0.0941 e. The van der Waals surface area contributed by atoms with E-state index in [1.807, 2.05) is 12.1 Å². The molecule has 0 spiro atoms. The number of hydrogen-bond donors (Lipinski definition) is 2. The van der Waals surface area contributed by atoms with Crippen LogP contribution in [0.15, 0.2) is 24.3 Å². The second-order valence-corrected chi connectivity index (χ2v) is 4.79. The van der Waals surface area contributed by atoms with Gasteiger partial charge in [-0.1, -0.05) is 25.1 Å². The average molecular weight is 219 g/mol. The molecule has 0 bridgehead atoms. The topological polar surface area (TPSA) is 32.3 Å². The molecule has 1 fully saturated rings. The molecule has 2 heteroatoms. The van der Waals surface area contributed by atoms with E-state index in [0.717, 1.165) is 37.1 Å². The van der Waals surface area contributed by atoms with E-state index in [-0.39, 0.29) is 0 Å². The monoisotopic (exact) mass is 219 g/mol. The minimum absolute atomic E-state index is 0.354. The molecule has 1 aliphatic carbocycles. The summed E-state index contributed by atoms with van der Waals surface area (Å²) in [6, 6.07) is 8.14. The maximum absolute atomic E-state index is 10.8. The van der Waals surface area contributed by atoms with Gasteiger partial charge in [-0.25, -0.2) is 0 Å². The Morgan fingerprint density at radius 2 is 2.19 bits per heavy atom. The molecule has 16 heavy (non-hydrogen) atoms.